The van der Waals surface area contributed by atoms with Crippen molar-refractivity contribution in [3.05, 3.63) is 46.7 Å². The third-order valence-corrected chi connectivity index (χ3v) is 2.47. The zero-order valence-corrected chi connectivity index (χ0v) is 10.9. The Bertz CT molecular complexity index is 480. The van der Waals surface area contributed by atoms with Crippen LogP contribution >= 0.6 is 11.6 Å². The number of ether oxygens (including phenoxy) is 2. The maximum atomic E-state index is 11.4. The minimum absolute atomic E-state index is 0.134. The largest absolute Gasteiger partial charge is 0.463 e. The fraction of sp³-hybridized carbons (Fsp3) is 0.231. The van der Waals surface area contributed by atoms with Crippen LogP contribution in [0, 0.1) is 0 Å². The Morgan fingerprint density at radius 2 is 2.00 bits per heavy atom. The number of benzene rings is 1. The van der Waals surface area contributed by atoms with E-state index in [1.807, 2.05) is 18.2 Å². The van der Waals surface area contributed by atoms with E-state index in [2.05, 4.69) is 4.74 Å². The zero-order chi connectivity index (χ0) is 13.5. The van der Waals surface area contributed by atoms with Crippen molar-refractivity contribution in [2.75, 3.05) is 7.11 Å². The highest BCUT2D eigenvalue weighted by Gasteiger charge is 2.13. The molecular formula is C13H13ClO4. The predicted octanol–water partition coefficient (Wildman–Crippen LogP) is 2.50. The summed E-state index contributed by atoms with van der Waals surface area (Å²) >= 11 is 5.97. The van der Waals surface area contributed by atoms with Crippen molar-refractivity contribution in [1.82, 2.24) is 0 Å². The summed E-state index contributed by atoms with van der Waals surface area (Å²) in [5.41, 5.74) is 0.827. The first kappa shape index (κ1) is 14.3. The van der Waals surface area contributed by atoms with Gasteiger partial charge in [-0.25, -0.2) is 4.79 Å². The van der Waals surface area contributed by atoms with Crippen molar-refractivity contribution < 1.29 is 19.1 Å². The SMILES string of the molecule is COC(=O)C(=CCc1ccccc1Cl)OC(C)=O. The maximum absolute atomic E-state index is 11.4. The first-order chi connectivity index (χ1) is 8.54. The first-order valence-electron chi connectivity index (χ1n) is 5.25. The fourth-order valence-corrected chi connectivity index (χ4v) is 1.50. The molecule has 0 bridgehead atoms. The zero-order valence-electron chi connectivity index (χ0n) is 10.1. The van der Waals surface area contributed by atoms with Gasteiger partial charge in [-0.15, -0.1) is 0 Å². The lowest BCUT2D eigenvalue weighted by molar-refractivity contribution is -0.148. The Hall–Kier alpha value is -1.81. The number of esters is 2. The predicted molar refractivity (Wildman–Crippen MR) is 67.0 cm³/mol. The highest BCUT2D eigenvalue weighted by atomic mass is 35.5. The van der Waals surface area contributed by atoms with Crippen molar-refractivity contribution >= 4 is 23.5 Å². The topological polar surface area (TPSA) is 52.6 Å². The van der Waals surface area contributed by atoms with E-state index in [0.717, 1.165) is 5.56 Å². The van der Waals surface area contributed by atoms with Gasteiger partial charge in [-0.05, 0) is 24.1 Å². The number of methoxy groups -OCH3 is 1. The van der Waals surface area contributed by atoms with Crippen LogP contribution in [-0.2, 0) is 25.5 Å². The van der Waals surface area contributed by atoms with E-state index >= 15 is 0 Å². The minimum atomic E-state index is -0.697. The molecule has 1 aromatic carbocycles. The Kier molecular flexibility index (Phi) is 5.39. The van der Waals surface area contributed by atoms with Gasteiger partial charge in [0.25, 0.3) is 0 Å². The summed E-state index contributed by atoms with van der Waals surface area (Å²) in [7, 11) is 1.22. The molecule has 0 aliphatic heterocycles. The molecule has 0 aromatic heterocycles. The van der Waals surface area contributed by atoms with E-state index < -0.39 is 11.9 Å². The third-order valence-electron chi connectivity index (χ3n) is 2.11. The van der Waals surface area contributed by atoms with Gasteiger partial charge in [0.05, 0.1) is 7.11 Å². The van der Waals surface area contributed by atoms with Crippen molar-refractivity contribution in [2.24, 2.45) is 0 Å². The normalized spacial score (nSPS) is 10.9. The molecule has 0 atom stereocenters. The van der Waals surface area contributed by atoms with Crippen molar-refractivity contribution in [1.29, 1.82) is 0 Å². The molecular weight excluding hydrogens is 256 g/mol. The van der Waals surface area contributed by atoms with Crippen LogP contribution in [0.2, 0.25) is 5.02 Å². The van der Waals surface area contributed by atoms with Crippen LogP contribution in [0.4, 0.5) is 0 Å². The molecule has 0 saturated heterocycles. The second-order valence-corrected chi connectivity index (χ2v) is 3.86. The van der Waals surface area contributed by atoms with Crippen molar-refractivity contribution in [3.8, 4) is 0 Å². The number of hydrogen-bond acceptors (Lipinski definition) is 4. The molecule has 0 heterocycles. The molecule has 0 unspecified atom stereocenters. The Morgan fingerprint density at radius 1 is 1.33 bits per heavy atom. The van der Waals surface area contributed by atoms with Gasteiger partial charge in [0, 0.05) is 11.9 Å². The highest BCUT2D eigenvalue weighted by molar-refractivity contribution is 6.31. The number of carbonyl (C=O) groups excluding carboxylic acids is 2. The molecule has 4 nitrogen and oxygen atoms in total. The minimum Gasteiger partial charge on any atom is -0.463 e. The summed E-state index contributed by atoms with van der Waals surface area (Å²) in [6, 6.07) is 7.21. The standard InChI is InChI=1S/C13H13ClO4/c1-9(15)18-12(13(16)17-2)8-7-10-5-3-4-6-11(10)14/h3-6,8H,7H2,1-2H3. The molecule has 0 fully saturated rings. The Morgan fingerprint density at radius 3 is 2.56 bits per heavy atom. The van der Waals surface area contributed by atoms with Gasteiger partial charge in [-0.1, -0.05) is 29.8 Å². The van der Waals surface area contributed by atoms with Gasteiger partial charge in [-0.2, -0.15) is 0 Å². The molecule has 0 amide bonds. The maximum Gasteiger partial charge on any atom is 0.373 e. The van der Waals surface area contributed by atoms with Crippen LogP contribution in [0.15, 0.2) is 36.1 Å². The van der Waals surface area contributed by atoms with Gasteiger partial charge in [-0.3, -0.25) is 4.79 Å². The second-order valence-electron chi connectivity index (χ2n) is 3.45. The number of halogens is 1. The summed E-state index contributed by atoms with van der Waals surface area (Å²) in [6.07, 6.45) is 1.84. The summed E-state index contributed by atoms with van der Waals surface area (Å²) in [5, 5.41) is 0.584. The highest BCUT2D eigenvalue weighted by Crippen LogP contribution is 2.16. The molecule has 0 aliphatic rings. The van der Waals surface area contributed by atoms with Crippen LogP contribution in [0.25, 0.3) is 0 Å². The average molecular weight is 269 g/mol. The molecule has 5 heteroatoms. The van der Waals surface area contributed by atoms with E-state index in [0.29, 0.717) is 11.4 Å². The van der Waals surface area contributed by atoms with Crippen LogP contribution in [-0.4, -0.2) is 19.0 Å². The fourth-order valence-electron chi connectivity index (χ4n) is 1.29. The quantitative estimate of drug-likeness (QED) is 0.478. The van der Waals surface area contributed by atoms with Crippen LogP contribution in [0.3, 0.4) is 0 Å². The smallest absolute Gasteiger partial charge is 0.373 e. The van der Waals surface area contributed by atoms with E-state index in [9.17, 15) is 9.59 Å². The van der Waals surface area contributed by atoms with Crippen molar-refractivity contribution in [2.45, 2.75) is 13.3 Å². The lowest BCUT2D eigenvalue weighted by Crippen LogP contribution is -2.11. The van der Waals surface area contributed by atoms with E-state index in [1.165, 1.54) is 20.1 Å². The molecule has 0 aliphatic carbocycles. The third kappa shape index (κ3) is 4.22. The Labute approximate surface area is 110 Å². The number of rotatable bonds is 4. The molecule has 18 heavy (non-hydrogen) atoms. The van der Waals surface area contributed by atoms with Gasteiger partial charge >= 0.3 is 11.9 Å². The summed E-state index contributed by atoms with van der Waals surface area (Å²) in [5.74, 6) is -1.41. The molecule has 1 rings (SSSR count). The van der Waals surface area contributed by atoms with Crippen LogP contribution in [0.1, 0.15) is 12.5 Å². The van der Waals surface area contributed by atoms with Crippen molar-refractivity contribution in [3.63, 3.8) is 0 Å². The van der Waals surface area contributed by atoms with E-state index in [4.69, 9.17) is 16.3 Å². The van der Waals surface area contributed by atoms with Crippen LogP contribution in [0.5, 0.6) is 0 Å². The van der Waals surface area contributed by atoms with Gasteiger partial charge in [0.2, 0.25) is 5.76 Å². The van der Waals surface area contributed by atoms with Gasteiger partial charge in [0.1, 0.15) is 0 Å². The van der Waals surface area contributed by atoms with E-state index in [1.54, 1.807) is 6.07 Å². The molecule has 0 saturated carbocycles. The molecule has 0 spiro atoms. The lowest BCUT2D eigenvalue weighted by atomic mass is 10.1. The molecule has 0 N–H and O–H groups in total. The summed E-state index contributed by atoms with van der Waals surface area (Å²) in [4.78, 5) is 22.2. The monoisotopic (exact) mass is 268 g/mol. The van der Waals surface area contributed by atoms with Gasteiger partial charge in [0.15, 0.2) is 0 Å². The van der Waals surface area contributed by atoms with Crippen LogP contribution < -0.4 is 0 Å². The molecule has 96 valence electrons. The van der Waals surface area contributed by atoms with Gasteiger partial charge < -0.3 is 9.47 Å². The van der Waals surface area contributed by atoms with E-state index in [-0.39, 0.29) is 5.76 Å². The number of carbonyl (C=O) groups is 2. The summed E-state index contributed by atoms with van der Waals surface area (Å²) in [6.45, 7) is 1.21. The molecule has 1 aromatic rings. The second kappa shape index (κ2) is 6.81. The number of allylic oxidation sites excluding steroid dienone is 1. The summed E-state index contributed by atoms with van der Waals surface area (Å²) < 4.78 is 9.28. The lowest BCUT2D eigenvalue weighted by Gasteiger charge is -2.05. The average Bonchev–Trinajstić information content (AvgIpc) is 2.34. The Balaban J connectivity index is 2.86. The number of hydrogen-bond donors (Lipinski definition) is 0. The molecule has 0 radical (unpaired) electrons. The first-order valence-corrected chi connectivity index (χ1v) is 5.62.